The maximum absolute atomic E-state index is 12.0. The number of thiophene rings is 1. The second-order valence-electron chi connectivity index (χ2n) is 4.01. The van der Waals surface area contributed by atoms with Crippen LogP contribution in [0.15, 0.2) is 40.2 Å². The van der Waals surface area contributed by atoms with Crippen molar-refractivity contribution >= 4 is 39.0 Å². The number of alkyl halides is 2. The number of carbonyl (C=O) groups is 2. The van der Waals surface area contributed by atoms with Gasteiger partial charge in [-0.25, -0.2) is 4.79 Å². The summed E-state index contributed by atoms with van der Waals surface area (Å²) < 4.78 is 33.9. The predicted molar refractivity (Wildman–Crippen MR) is 79.7 cm³/mol. The molecular weight excluding hydrogens is 382 g/mol. The van der Waals surface area contributed by atoms with E-state index < -0.39 is 12.6 Å². The lowest BCUT2D eigenvalue weighted by atomic mass is 10.2. The summed E-state index contributed by atoms with van der Waals surface area (Å²) in [6.45, 7) is -3.32. The van der Waals surface area contributed by atoms with Gasteiger partial charge in [0.25, 0.3) is 0 Å². The maximum Gasteiger partial charge on any atom is 0.387 e. The Morgan fingerprint density at radius 3 is 2.36 bits per heavy atom. The molecule has 0 unspecified atom stereocenters. The Balaban J connectivity index is 1.90. The number of hydrogen-bond acceptors (Lipinski definition) is 5. The highest BCUT2D eigenvalue weighted by atomic mass is 79.9. The van der Waals surface area contributed by atoms with Gasteiger partial charge in [-0.2, -0.15) is 8.78 Å². The van der Waals surface area contributed by atoms with Crippen molar-refractivity contribution in [2.45, 2.75) is 6.61 Å². The first-order valence-electron chi connectivity index (χ1n) is 5.96. The number of ether oxygens (including phenoxy) is 2. The molecule has 0 saturated carbocycles. The van der Waals surface area contributed by atoms with Crippen LogP contribution < -0.4 is 4.74 Å². The third kappa shape index (κ3) is 4.60. The summed E-state index contributed by atoms with van der Waals surface area (Å²) in [7, 11) is 0. The summed E-state index contributed by atoms with van der Waals surface area (Å²) in [4.78, 5) is 24.0. The zero-order chi connectivity index (χ0) is 16.1. The van der Waals surface area contributed by atoms with Crippen molar-refractivity contribution in [3.63, 3.8) is 0 Å². The molecule has 0 aliphatic heterocycles. The highest BCUT2D eigenvalue weighted by Crippen LogP contribution is 2.22. The SMILES string of the molecule is O=C(OCC(=O)c1ccc(Br)s1)c1ccc(OC(F)F)cc1. The van der Waals surface area contributed by atoms with Crippen molar-refractivity contribution in [2.75, 3.05) is 6.61 Å². The van der Waals surface area contributed by atoms with Crippen LogP contribution in [0.5, 0.6) is 5.75 Å². The van der Waals surface area contributed by atoms with Gasteiger partial charge in [0, 0.05) is 0 Å². The van der Waals surface area contributed by atoms with Crippen molar-refractivity contribution < 1.29 is 27.8 Å². The van der Waals surface area contributed by atoms with Crippen LogP contribution in [0.1, 0.15) is 20.0 Å². The molecule has 0 fully saturated rings. The number of rotatable bonds is 6. The van der Waals surface area contributed by atoms with E-state index in [-0.39, 0.29) is 23.7 Å². The summed E-state index contributed by atoms with van der Waals surface area (Å²) in [6.07, 6.45) is 0. The van der Waals surface area contributed by atoms with Gasteiger partial charge >= 0.3 is 12.6 Å². The topological polar surface area (TPSA) is 52.6 Å². The van der Waals surface area contributed by atoms with Gasteiger partial charge in [0.2, 0.25) is 5.78 Å². The molecule has 22 heavy (non-hydrogen) atoms. The van der Waals surface area contributed by atoms with Gasteiger partial charge in [-0.1, -0.05) is 0 Å². The van der Waals surface area contributed by atoms with Crippen LogP contribution in [0.2, 0.25) is 0 Å². The third-order valence-electron chi connectivity index (χ3n) is 2.50. The normalized spacial score (nSPS) is 10.5. The Bertz CT molecular complexity index is 670. The van der Waals surface area contributed by atoms with E-state index >= 15 is 0 Å². The molecule has 0 saturated heterocycles. The van der Waals surface area contributed by atoms with Crippen LogP contribution in [-0.4, -0.2) is 25.0 Å². The standard InChI is InChI=1S/C14H9BrF2O4S/c15-12-6-5-11(22-12)10(18)7-20-13(19)8-1-3-9(4-2-8)21-14(16)17/h1-6,14H,7H2. The van der Waals surface area contributed by atoms with Crippen LogP contribution in [0.25, 0.3) is 0 Å². The summed E-state index contributed by atoms with van der Waals surface area (Å²) >= 11 is 4.47. The molecule has 0 aliphatic carbocycles. The molecule has 4 nitrogen and oxygen atoms in total. The summed E-state index contributed by atoms with van der Waals surface area (Å²) in [5.74, 6) is -1.10. The van der Waals surface area contributed by atoms with Gasteiger partial charge < -0.3 is 9.47 Å². The summed E-state index contributed by atoms with van der Waals surface area (Å²) in [5, 5.41) is 0. The van der Waals surface area contributed by atoms with Gasteiger partial charge in [-0.15, -0.1) is 11.3 Å². The third-order valence-corrected chi connectivity index (χ3v) is 4.16. The van der Waals surface area contributed by atoms with E-state index in [1.54, 1.807) is 12.1 Å². The fraction of sp³-hybridized carbons (Fsp3) is 0.143. The molecule has 0 radical (unpaired) electrons. The highest BCUT2D eigenvalue weighted by molar-refractivity contribution is 9.11. The minimum absolute atomic E-state index is 0.0638. The van der Waals surface area contributed by atoms with Crippen molar-refractivity contribution in [3.8, 4) is 5.75 Å². The van der Waals surface area contributed by atoms with Gasteiger partial charge in [-0.3, -0.25) is 4.79 Å². The monoisotopic (exact) mass is 390 g/mol. The van der Waals surface area contributed by atoms with Crippen molar-refractivity contribution in [1.82, 2.24) is 0 Å². The lowest BCUT2D eigenvalue weighted by molar-refractivity contribution is -0.0498. The average molecular weight is 391 g/mol. The van der Waals surface area contributed by atoms with E-state index in [1.807, 2.05) is 0 Å². The largest absolute Gasteiger partial charge is 0.454 e. The first-order valence-corrected chi connectivity index (χ1v) is 7.57. The molecule has 0 bridgehead atoms. The van der Waals surface area contributed by atoms with Gasteiger partial charge in [0.1, 0.15) is 5.75 Å². The predicted octanol–water partition coefficient (Wildman–Crippen LogP) is 4.15. The second kappa shape index (κ2) is 7.46. The first-order chi connectivity index (χ1) is 10.5. The van der Waals surface area contributed by atoms with E-state index in [9.17, 15) is 18.4 Å². The number of carbonyl (C=O) groups excluding carboxylic acids is 2. The average Bonchev–Trinajstić information content (AvgIpc) is 2.91. The zero-order valence-corrected chi connectivity index (χ0v) is 13.3. The van der Waals surface area contributed by atoms with Crippen molar-refractivity contribution in [1.29, 1.82) is 0 Å². The molecule has 0 amide bonds. The van der Waals surface area contributed by atoms with E-state index in [0.29, 0.717) is 4.88 Å². The molecule has 1 aromatic heterocycles. The van der Waals surface area contributed by atoms with Crippen molar-refractivity contribution in [3.05, 3.63) is 50.6 Å². The second-order valence-corrected chi connectivity index (χ2v) is 6.47. The molecule has 8 heteroatoms. The fourth-order valence-electron chi connectivity index (χ4n) is 1.52. The lowest BCUT2D eigenvalue weighted by Crippen LogP contribution is -2.13. The molecule has 2 rings (SSSR count). The summed E-state index contributed by atoms with van der Waals surface area (Å²) in [6, 6.07) is 8.36. The first kappa shape index (κ1) is 16.6. The molecule has 2 aromatic rings. The fourth-order valence-corrected chi connectivity index (χ4v) is 2.83. The Morgan fingerprint density at radius 2 is 1.82 bits per heavy atom. The molecule has 0 atom stereocenters. The van der Waals surface area contributed by atoms with E-state index in [0.717, 1.165) is 3.79 Å². The minimum atomic E-state index is -2.93. The zero-order valence-electron chi connectivity index (χ0n) is 10.9. The molecule has 1 heterocycles. The quantitative estimate of drug-likeness (QED) is 0.549. The van der Waals surface area contributed by atoms with Crippen LogP contribution in [0.4, 0.5) is 8.78 Å². The molecule has 0 N–H and O–H groups in total. The maximum atomic E-state index is 12.0. The lowest BCUT2D eigenvalue weighted by Gasteiger charge is -2.06. The van der Waals surface area contributed by atoms with Gasteiger partial charge in [0.05, 0.1) is 14.2 Å². The number of halogens is 3. The Labute approximate surface area is 136 Å². The number of Topliss-reactive ketones (excluding diaryl/α,β-unsaturated/α-hetero) is 1. The van der Waals surface area contributed by atoms with Gasteiger partial charge in [-0.05, 0) is 52.3 Å². The Kier molecular flexibility index (Phi) is 5.62. The number of hydrogen-bond donors (Lipinski definition) is 0. The van der Waals surface area contributed by atoms with Crippen molar-refractivity contribution in [2.24, 2.45) is 0 Å². The molecule has 116 valence electrons. The van der Waals surface area contributed by atoms with E-state index in [2.05, 4.69) is 20.7 Å². The van der Waals surface area contributed by atoms with Crippen LogP contribution in [0, 0.1) is 0 Å². The molecule has 1 aromatic carbocycles. The van der Waals surface area contributed by atoms with Crippen LogP contribution in [-0.2, 0) is 4.74 Å². The smallest absolute Gasteiger partial charge is 0.387 e. The minimum Gasteiger partial charge on any atom is -0.454 e. The van der Waals surface area contributed by atoms with Crippen LogP contribution >= 0.6 is 27.3 Å². The number of ketones is 1. The molecular formula is C14H9BrF2O4S. The Morgan fingerprint density at radius 1 is 1.14 bits per heavy atom. The number of esters is 1. The Hall–Kier alpha value is -1.80. The molecule has 0 spiro atoms. The highest BCUT2D eigenvalue weighted by Gasteiger charge is 2.14. The van der Waals surface area contributed by atoms with E-state index in [4.69, 9.17) is 4.74 Å². The summed E-state index contributed by atoms with van der Waals surface area (Å²) in [5.41, 5.74) is 0.141. The van der Waals surface area contributed by atoms with E-state index in [1.165, 1.54) is 35.6 Å². The van der Waals surface area contributed by atoms with Gasteiger partial charge in [0.15, 0.2) is 6.61 Å². The van der Waals surface area contributed by atoms with Crippen LogP contribution in [0.3, 0.4) is 0 Å². The number of benzene rings is 1. The molecule has 0 aliphatic rings.